The monoisotopic (exact) mass is 337 g/mol. The lowest BCUT2D eigenvalue weighted by atomic mass is 10.2. The van der Waals surface area contributed by atoms with Crippen molar-refractivity contribution in [2.24, 2.45) is 4.99 Å². The van der Waals surface area contributed by atoms with Crippen LogP contribution in [-0.4, -0.2) is 32.6 Å². The third kappa shape index (κ3) is 3.55. The van der Waals surface area contributed by atoms with Crippen LogP contribution >= 0.6 is 11.8 Å². The van der Waals surface area contributed by atoms with Gasteiger partial charge < -0.3 is 5.11 Å². The number of thioether (sulfide) groups is 1. The summed E-state index contributed by atoms with van der Waals surface area (Å²) in [6, 6.07) is 12.1. The number of phenolic OH excluding ortho intramolecular Hbond substituents is 1. The van der Waals surface area contributed by atoms with E-state index in [0.717, 1.165) is 5.56 Å². The van der Waals surface area contributed by atoms with Crippen molar-refractivity contribution >= 4 is 34.7 Å². The Balaban J connectivity index is 1.93. The number of benzene rings is 1. The average molecular weight is 337 g/mol. The molecule has 120 valence electrons. The number of pyridine rings is 1. The maximum atomic E-state index is 12.6. The number of nitrogens with zero attached hydrogens (tertiary/aromatic N) is 3. The van der Waals surface area contributed by atoms with Crippen LogP contribution in [0.25, 0.3) is 6.08 Å². The summed E-state index contributed by atoms with van der Waals surface area (Å²) in [6.45, 7) is 4.08. The maximum Gasteiger partial charge on any atom is 0.267 e. The molecule has 1 aliphatic heterocycles. The van der Waals surface area contributed by atoms with E-state index in [1.807, 2.05) is 12.1 Å². The fourth-order valence-electron chi connectivity index (χ4n) is 2.12. The Kier molecular flexibility index (Phi) is 4.77. The van der Waals surface area contributed by atoms with Crippen molar-refractivity contribution in [3.63, 3.8) is 0 Å². The van der Waals surface area contributed by atoms with Crippen molar-refractivity contribution in [3.8, 4) is 5.75 Å². The summed E-state index contributed by atoms with van der Waals surface area (Å²) >= 11 is 1.30. The second-order valence-corrected chi connectivity index (χ2v) is 6.00. The van der Waals surface area contributed by atoms with Gasteiger partial charge in [-0.05, 0) is 47.7 Å². The molecular weight excluding hydrogens is 322 g/mol. The molecule has 1 aromatic carbocycles. The van der Waals surface area contributed by atoms with Gasteiger partial charge in [0.1, 0.15) is 5.75 Å². The molecule has 0 saturated carbocycles. The molecule has 1 aromatic heterocycles. The summed E-state index contributed by atoms with van der Waals surface area (Å²) in [6.07, 6.45) is 5.10. The third-order valence-corrected chi connectivity index (χ3v) is 4.26. The topological polar surface area (TPSA) is 65.8 Å². The number of carbonyl (C=O) groups is 1. The zero-order valence-electron chi connectivity index (χ0n) is 12.8. The number of phenols is 1. The molecule has 0 radical (unpaired) electrons. The Labute approximate surface area is 144 Å². The van der Waals surface area contributed by atoms with Crippen LogP contribution in [0.3, 0.4) is 0 Å². The molecule has 0 unspecified atom stereocenters. The first-order valence-electron chi connectivity index (χ1n) is 7.28. The van der Waals surface area contributed by atoms with Gasteiger partial charge in [0.15, 0.2) is 11.0 Å². The molecule has 1 N–H and O–H groups in total. The summed E-state index contributed by atoms with van der Waals surface area (Å²) < 4.78 is 0. The quantitative estimate of drug-likeness (QED) is 0.684. The van der Waals surface area contributed by atoms with Gasteiger partial charge in [0.05, 0.1) is 4.91 Å². The van der Waals surface area contributed by atoms with Crippen LogP contribution in [0.4, 0.5) is 5.82 Å². The number of aromatic nitrogens is 1. The molecule has 1 saturated heterocycles. The van der Waals surface area contributed by atoms with Crippen LogP contribution in [0, 0.1) is 0 Å². The van der Waals surface area contributed by atoms with E-state index >= 15 is 0 Å². The molecule has 2 aromatic rings. The molecule has 1 amide bonds. The highest BCUT2D eigenvalue weighted by Gasteiger charge is 2.32. The lowest BCUT2D eigenvalue weighted by Gasteiger charge is -2.12. The minimum Gasteiger partial charge on any atom is -0.508 e. The van der Waals surface area contributed by atoms with Crippen molar-refractivity contribution in [3.05, 3.63) is 71.8 Å². The second kappa shape index (κ2) is 7.14. The zero-order valence-corrected chi connectivity index (χ0v) is 13.6. The van der Waals surface area contributed by atoms with Crippen LogP contribution in [-0.2, 0) is 4.79 Å². The molecule has 24 heavy (non-hydrogen) atoms. The number of amides is 1. The largest absolute Gasteiger partial charge is 0.508 e. The number of hydrogen-bond acceptors (Lipinski definition) is 5. The van der Waals surface area contributed by atoms with Gasteiger partial charge in [-0.25, -0.2) is 9.98 Å². The summed E-state index contributed by atoms with van der Waals surface area (Å²) in [5.41, 5.74) is 0.835. The maximum absolute atomic E-state index is 12.6. The summed E-state index contributed by atoms with van der Waals surface area (Å²) in [5.74, 6) is 0.614. The van der Waals surface area contributed by atoms with Gasteiger partial charge in [0.25, 0.3) is 5.91 Å². The molecule has 5 nitrogen and oxygen atoms in total. The molecular formula is C18H15N3O2S. The van der Waals surface area contributed by atoms with Crippen molar-refractivity contribution in [2.75, 3.05) is 6.54 Å². The van der Waals surface area contributed by atoms with Gasteiger partial charge in [0, 0.05) is 12.7 Å². The van der Waals surface area contributed by atoms with Crippen molar-refractivity contribution in [1.82, 2.24) is 9.88 Å². The highest BCUT2D eigenvalue weighted by molar-refractivity contribution is 8.18. The Bertz CT molecular complexity index is 814. The number of amidine groups is 1. The molecule has 1 aliphatic rings. The second-order valence-electron chi connectivity index (χ2n) is 4.99. The van der Waals surface area contributed by atoms with Crippen LogP contribution in [0.15, 0.2) is 71.2 Å². The SMILES string of the molecule is C=CCN1C(=O)/C(=C/c2ccc(O)cc2)S/C1=N/c1ccccn1. The number of hydrogen-bond donors (Lipinski definition) is 1. The van der Waals surface area contributed by atoms with Crippen LogP contribution in [0.5, 0.6) is 5.75 Å². The van der Waals surface area contributed by atoms with Gasteiger partial charge in [0.2, 0.25) is 0 Å². The van der Waals surface area contributed by atoms with E-state index in [0.29, 0.717) is 22.4 Å². The highest BCUT2D eigenvalue weighted by Crippen LogP contribution is 2.33. The number of carbonyl (C=O) groups excluding carboxylic acids is 1. The average Bonchev–Trinajstić information content (AvgIpc) is 2.87. The van der Waals surface area contributed by atoms with E-state index in [4.69, 9.17) is 0 Å². The van der Waals surface area contributed by atoms with Crippen LogP contribution in [0.2, 0.25) is 0 Å². The molecule has 3 rings (SSSR count). The van der Waals surface area contributed by atoms with Gasteiger partial charge in [-0.1, -0.05) is 24.3 Å². The smallest absolute Gasteiger partial charge is 0.267 e. The number of aliphatic imine (C=N–C) groups is 1. The van der Waals surface area contributed by atoms with E-state index in [2.05, 4.69) is 16.6 Å². The Morgan fingerprint density at radius 1 is 1.25 bits per heavy atom. The minimum atomic E-state index is -0.123. The molecule has 1 fully saturated rings. The zero-order chi connectivity index (χ0) is 16.9. The first kappa shape index (κ1) is 16.0. The molecule has 6 heteroatoms. The van der Waals surface area contributed by atoms with Crippen molar-refractivity contribution in [1.29, 1.82) is 0 Å². The first-order valence-corrected chi connectivity index (χ1v) is 8.10. The number of rotatable bonds is 4. The van der Waals surface area contributed by atoms with Gasteiger partial charge in [-0.2, -0.15) is 0 Å². The normalized spacial score (nSPS) is 17.7. The lowest BCUT2D eigenvalue weighted by Crippen LogP contribution is -2.29. The van der Waals surface area contributed by atoms with Gasteiger partial charge >= 0.3 is 0 Å². The third-order valence-electron chi connectivity index (χ3n) is 3.25. The number of aromatic hydroxyl groups is 1. The Hall–Kier alpha value is -2.86. The van der Waals surface area contributed by atoms with Gasteiger partial charge in [-0.3, -0.25) is 9.69 Å². The predicted octanol–water partition coefficient (Wildman–Crippen LogP) is 3.58. The lowest BCUT2D eigenvalue weighted by molar-refractivity contribution is -0.121. The van der Waals surface area contributed by atoms with Crippen LogP contribution < -0.4 is 0 Å². The summed E-state index contributed by atoms with van der Waals surface area (Å²) in [4.78, 5) is 23.4. The molecule has 2 heterocycles. The highest BCUT2D eigenvalue weighted by atomic mass is 32.2. The van der Waals surface area contributed by atoms with Crippen molar-refractivity contribution in [2.45, 2.75) is 0 Å². The molecule has 0 aliphatic carbocycles. The van der Waals surface area contributed by atoms with Gasteiger partial charge in [-0.15, -0.1) is 6.58 Å². The first-order chi connectivity index (χ1) is 11.7. The molecule has 0 atom stereocenters. The van der Waals surface area contributed by atoms with E-state index in [1.54, 1.807) is 53.6 Å². The molecule has 0 bridgehead atoms. The molecule has 0 spiro atoms. The standard InChI is InChI=1S/C18H15N3O2S/c1-2-11-21-17(23)15(12-13-6-8-14(22)9-7-13)24-18(21)20-16-5-3-4-10-19-16/h2-10,12,22H,1,11H2/b15-12-,20-18+. The Morgan fingerprint density at radius 2 is 2.04 bits per heavy atom. The van der Waals surface area contributed by atoms with Crippen molar-refractivity contribution < 1.29 is 9.90 Å². The minimum absolute atomic E-state index is 0.123. The fraction of sp³-hybridized carbons (Fsp3) is 0.0556. The van der Waals surface area contributed by atoms with E-state index < -0.39 is 0 Å². The van der Waals surface area contributed by atoms with E-state index in [9.17, 15) is 9.90 Å². The summed E-state index contributed by atoms with van der Waals surface area (Å²) in [5, 5.41) is 9.92. The van der Waals surface area contributed by atoms with E-state index in [-0.39, 0.29) is 11.7 Å². The summed E-state index contributed by atoms with van der Waals surface area (Å²) in [7, 11) is 0. The fourth-order valence-corrected chi connectivity index (χ4v) is 3.12. The van der Waals surface area contributed by atoms with Crippen LogP contribution in [0.1, 0.15) is 5.56 Å². The van der Waals surface area contributed by atoms with E-state index in [1.165, 1.54) is 11.8 Å². The Morgan fingerprint density at radius 3 is 2.71 bits per heavy atom. The predicted molar refractivity (Wildman–Crippen MR) is 96.9 cm³/mol.